The number of benzene rings is 1. The number of nitrogens with zero attached hydrogens (tertiary/aromatic N) is 3. The number of methoxy groups -OCH3 is 1. The maximum absolute atomic E-state index is 15.0. The highest BCUT2D eigenvalue weighted by molar-refractivity contribution is 7.91. The molecule has 14 nitrogen and oxygen atoms in total. The standard InChI is InChI=1S/C41H50F3N5O9S/c1-37(15-16-37)22-49(36(53)54)29-10-8-6-4-5-7-9-24-20-40(24,35(52)47-59(55,56)38(2)17-18-38)46-33(50)30-21-39(23-48(30)34(29)51)14-13-26-27-19-25(57-3)11-12-28(27)45-32(31(26)58-39)41(42,43)44/h7,9,11-12,19,24,29-30H,4-6,8,10,13-18,20-23H2,1-3H3,(H,46,50)(H,47,52)(H,53,54)/b9-7-/t24-,29+,30+,39-,40-/m1/s1. The molecule has 4 fully saturated rings. The van der Waals surface area contributed by atoms with Gasteiger partial charge >= 0.3 is 12.3 Å². The molecule has 8 rings (SSSR count). The summed E-state index contributed by atoms with van der Waals surface area (Å²) in [6.45, 7) is 3.19. The molecule has 1 aromatic carbocycles. The molecule has 0 unspecified atom stereocenters. The van der Waals surface area contributed by atoms with Crippen molar-refractivity contribution >= 4 is 44.7 Å². The average molecular weight is 846 g/mol. The number of carbonyl (C=O) groups is 4. The molecule has 320 valence electrons. The Labute approximate surface area is 340 Å². The number of aromatic nitrogens is 1. The van der Waals surface area contributed by atoms with Crippen molar-refractivity contribution in [2.75, 3.05) is 20.2 Å². The van der Waals surface area contributed by atoms with E-state index in [1.807, 2.05) is 13.0 Å². The van der Waals surface area contributed by atoms with Crippen molar-refractivity contribution in [2.45, 2.75) is 131 Å². The number of rotatable bonds is 7. The molecule has 3 N–H and O–H groups in total. The topological polar surface area (TPSA) is 185 Å². The number of amides is 4. The van der Waals surface area contributed by atoms with Crippen LogP contribution in [-0.2, 0) is 37.0 Å². The van der Waals surface area contributed by atoms with Crippen molar-refractivity contribution in [3.8, 4) is 11.5 Å². The van der Waals surface area contributed by atoms with Crippen molar-refractivity contribution in [3.05, 3.63) is 41.6 Å². The molecule has 59 heavy (non-hydrogen) atoms. The van der Waals surface area contributed by atoms with Crippen molar-refractivity contribution in [2.24, 2.45) is 11.3 Å². The minimum atomic E-state index is -4.94. The van der Waals surface area contributed by atoms with Crippen LogP contribution >= 0.6 is 0 Å². The van der Waals surface area contributed by atoms with Crippen molar-refractivity contribution in [1.82, 2.24) is 24.8 Å². The van der Waals surface area contributed by atoms with Crippen molar-refractivity contribution in [1.29, 1.82) is 0 Å². The first-order valence-corrected chi connectivity index (χ1v) is 21.8. The van der Waals surface area contributed by atoms with Gasteiger partial charge in [0, 0.05) is 29.8 Å². The fourth-order valence-electron chi connectivity index (χ4n) is 9.06. The summed E-state index contributed by atoms with van der Waals surface area (Å²) in [7, 11) is -2.67. The molecule has 1 saturated heterocycles. The highest BCUT2D eigenvalue weighted by Gasteiger charge is 2.64. The summed E-state index contributed by atoms with van der Waals surface area (Å²) in [4.78, 5) is 63.0. The Balaban J connectivity index is 1.19. The number of sulfonamides is 1. The molecule has 1 spiro atoms. The Morgan fingerprint density at radius 1 is 1.10 bits per heavy atom. The Hall–Kier alpha value is -4.61. The molecule has 3 aliphatic carbocycles. The van der Waals surface area contributed by atoms with E-state index in [0.717, 1.165) is 17.7 Å². The fraction of sp³-hybridized carbons (Fsp3) is 0.634. The zero-order valence-electron chi connectivity index (χ0n) is 33.3. The Morgan fingerprint density at radius 2 is 1.85 bits per heavy atom. The van der Waals surface area contributed by atoms with Crippen LogP contribution in [-0.4, -0.2) is 100 Å². The number of hydrogen-bond acceptors (Lipinski definition) is 9. The van der Waals surface area contributed by atoms with E-state index in [1.165, 1.54) is 31.1 Å². The molecule has 1 aromatic heterocycles. The summed E-state index contributed by atoms with van der Waals surface area (Å²) in [6.07, 6.45) is 2.16. The van der Waals surface area contributed by atoms with E-state index in [-0.39, 0.29) is 61.7 Å². The zero-order chi connectivity index (χ0) is 42.3. The number of pyridine rings is 1. The largest absolute Gasteiger partial charge is 0.497 e. The van der Waals surface area contributed by atoms with Gasteiger partial charge in [-0.2, -0.15) is 13.2 Å². The first-order chi connectivity index (χ1) is 27.7. The van der Waals surface area contributed by atoms with Gasteiger partial charge in [-0.15, -0.1) is 0 Å². The highest BCUT2D eigenvalue weighted by atomic mass is 32.2. The maximum Gasteiger partial charge on any atom is 0.437 e. The molecule has 4 amide bonds. The minimum absolute atomic E-state index is 0.0554. The average Bonchev–Trinajstić information content (AvgIpc) is 4.14. The van der Waals surface area contributed by atoms with Crippen LogP contribution in [0.2, 0.25) is 0 Å². The van der Waals surface area contributed by atoms with Crippen LogP contribution in [0.3, 0.4) is 0 Å². The van der Waals surface area contributed by atoms with Crippen molar-refractivity contribution < 1.29 is 55.3 Å². The highest BCUT2D eigenvalue weighted by Crippen LogP contribution is 2.51. The van der Waals surface area contributed by atoms with Crippen LogP contribution in [0, 0.1) is 11.3 Å². The summed E-state index contributed by atoms with van der Waals surface area (Å²) < 4.78 is 83.7. The summed E-state index contributed by atoms with van der Waals surface area (Å²) in [5.41, 5.74) is -4.49. The van der Waals surface area contributed by atoms with Gasteiger partial charge in [0.1, 0.15) is 29.0 Å². The molecule has 3 saturated carbocycles. The number of alkyl halides is 3. The molecule has 4 heterocycles. The molecule has 0 radical (unpaired) electrons. The predicted octanol–water partition coefficient (Wildman–Crippen LogP) is 5.47. The molecule has 3 aliphatic heterocycles. The first kappa shape index (κ1) is 41.1. The lowest BCUT2D eigenvalue weighted by atomic mass is 9.87. The van der Waals surface area contributed by atoms with E-state index in [0.29, 0.717) is 49.7 Å². The van der Waals surface area contributed by atoms with E-state index in [2.05, 4.69) is 15.0 Å². The third kappa shape index (κ3) is 7.58. The third-order valence-corrected chi connectivity index (χ3v) is 15.7. The number of ether oxygens (including phenoxy) is 2. The molecular weight excluding hydrogens is 796 g/mol. The number of aryl methyl sites for hydroxylation is 1. The van der Waals surface area contributed by atoms with Gasteiger partial charge < -0.3 is 24.8 Å². The van der Waals surface area contributed by atoms with Gasteiger partial charge in [0.2, 0.25) is 21.8 Å². The number of carboxylic acid groups (broad SMARTS) is 1. The lowest BCUT2D eigenvalue weighted by molar-refractivity contribution is -0.145. The number of allylic oxidation sites excluding steroid dienone is 1. The Kier molecular flexibility index (Phi) is 9.94. The van der Waals surface area contributed by atoms with Gasteiger partial charge in [-0.05, 0) is 94.7 Å². The normalized spacial score (nSPS) is 30.3. The molecular formula is C41H50F3N5O9S. The first-order valence-electron chi connectivity index (χ1n) is 20.4. The number of halogens is 3. The van der Waals surface area contributed by atoms with Crippen LogP contribution in [0.15, 0.2) is 30.4 Å². The van der Waals surface area contributed by atoms with Gasteiger partial charge in [0.05, 0.1) is 23.9 Å². The van der Waals surface area contributed by atoms with Crippen LogP contribution in [0.4, 0.5) is 18.0 Å². The number of hydrogen-bond donors (Lipinski definition) is 3. The van der Waals surface area contributed by atoms with E-state index in [1.54, 1.807) is 12.1 Å². The van der Waals surface area contributed by atoms with Crippen LogP contribution < -0.4 is 19.5 Å². The van der Waals surface area contributed by atoms with Gasteiger partial charge in [-0.1, -0.05) is 31.9 Å². The molecule has 6 aliphatic rings. The summed E-state index contributed by atoms with van der Waals surface area (Å²) >= 11 is 0. The van der Waals surface area contributed by atoms with E-state index < -0.39 is 85.3 Å². The van der Waals surface area contributed by atoms with Gasteiger partial charge in [0.15, 0.2) is 11.4 Å². The van der Waals surface area contributed by atoms with Crippen LogP contribution in [0.5, 0.6) is 11.5 Å². The minimum Gasteiger partial charge on any atom is -0.497 e. The number of nitrogens with one attached hydrogen (secondary N) is 2. The molecule has 18 heteroatoms. The van der Waals surface area contributed by atoms with E-state index in [4.69, 9.17) is 9.47 Å². The van der Waals surface area contributed by atoms with Gasteiger partial charge in [-0.25, -0.2) is 18.2 Å². The fourth-order valence-corrected chi connectivity index (χ4v) is 10.4. The second kappa shape index (κ2) is 14.3. The Morgan fingerprint density at radius 3 is 2.51 bits per heavy atom. The van der Waals surface area contributed by atoms with E-state index >= 15 is 4.79 Å². The Bertz CT molecular complexity index is 2240. The lowest BCUT2D eigenvalue weighted by Crippen LogP contribution is -2.59. The van der Waals surface area contributed by atoms with Crippen LogP contribution in [0.1, 0.15) is 102 Å². The second-order valence-corrected chi connectivity index (χ2v) is 20.3. The molecule has 2 aromatic rings. The summed E-state index contributed by atoms with van der Waals surface area (Å²) in [6, 6.07) is 1.89. The van der Waals surface area contributed by atoms with Gasteiger partial charge in [-0.3, -0.25) is 24.0 Å². The molecule has 5 atom stereocenters. The van der Waals surface area contributed by atoms with Crippen molar-refractivity contribution in [3.63, 3.8) is 0 Å². The predicted molar refractivity (Wildman–Crippen MR) is 207 cm³/mol. The van der Waals surface area contributed by atoms with E-state index in [9.17, 15) is 41.1 Å². The second-order valence-electron chi connectivity index (χ2n) is 18.1. The monoisotopic (exact) mass is 845 g/mol. The number of fused-ring (bicyclic) bond motifs is 5. The quantitative estimate of drug-likeness (QED) is 0.302. The summed E-state index contributed by atoms with van der Waals surface area (Å²) in [5.74, 6) is -3.13. The SMILES string of the molecule is COc1ccc2nc(C(F)(F)F)c3c(c2c1)CC[C@]1(C[C@H]2C(=O)N[C@]4(C(=O)NS(=O)(=O)C5(C)CC5)C[C@H]4/C=C\CCCCC[C@H](N(CC4(C)CC4)C(=O)O)C(=O)N2C1)O3. The zero-order valence-corrected chi connectivity index (χ0v) is 34.1. The molecule has 0 bridgehead atoms. The smallest absolute Gasteiger partial charge is 0.437 e. The summed E-state index contributed by atoms with van der Waals surface area (Å²) in [5, 5.41) is 13.7. The number of carbonyl (C=O) groups excluding carboxylic acids is 3. The third-order valence-electron chi connectivity index (χ3n) is 13.5. The lowest BCUT2D eigenvalue weighted by Gasteiger charge is -2.38. The van der Waals surface area contributed by atoms with Crippen LogP contribution in [0.25, 0.3) is 10.9 Å². The van der Waals surface area contributed by atoms with Gasteiger partial charge in [0.25, 0.3) is 5.91 Å². The maximum atomic E-state index is 15.0.